The lowest BCUT2D eigenvalue weighted by Gasteiger charge is -2.24. The van der Waals surface area contributed by atoms with Crippen LogP contribution in [0.4, 0.5) is 0 Å². The molecule has 1 aliphatic heterocycles. The molecule has 0 bridgehead atoms. The van der Waals surface area contributed by atoms with Gasteiger partial charge in [-0.05, 0) is 6.92 Å². The molecule has 0 aliphatic carbocycles. The van der Waals surface area contributed by atoms with E-state index in [1.807, 2.05) is 0 Å². The minimum atomic E-state index is -0.252. The van der Waals surface area contributed by atoms with Crippen LogP contribution < -0.4 is 9.47 Å². The highest BCUT2D eigenvalue weighted by atomic mass is 16.5. The van der Waals surface area contributed by atoms with Gasteiger partial charge < -0.3 is 14.6 Å². The fourth-order valence-corrected chi connectivity index (χ4v) is 1.94. The van der Waals surface area contributed by atoms with Crippen LogP contribution in [0.2, 0.25) is 0 Å². The summed E-state index contributed by atoms with van der Waals surface area (Å²) < 4.78 is 10.5. The number of carbonyl (C=O) groups excluding carboxylic acids is 2. The molecule has 1 unspecified atom stereocenters. The molecule has 17 heavy (non-hydrogen) atoms. The SMILES string of the molecule is COc1c(C=O)c(O)cc2c1C(=O)CC(C)O2. The summed E-state index contributed by atoms with van der Waals surface area (Å²) in [6.07, 6.45) is 0.438. The molecule has 0 amide bonds. The quantitative estimate of drug-likeness (QED) is 0.789. The highest BCUT2D eigenvalue weighted by Crippen LogP contribution is 2.41. The highest BCUT2D eigenvalue weighted by molar-refractivity contribution is 6.05. The van der Waals surface area contributed by atoms with E-state index in [1.165, 1.54) is 13.2 Å². The average molecular weight is 236 g/mol. The molecule has 0 spiro atoms. The number of carbonyl (C=O) groups is 2. The largest absolute Gasteiger partial charge is 0.507 e. The fraction of sp³-hybridized carbons (Fsp3) is 0.333. The summed E-state index contributed by atoms with van der Waals surface area (Å²) in [6.45, 7) is 1.76. The minimum absolute atomic E-state index is 0.0299. The molecule has 0 radical (unpaired) electrons. The van der Waals surface area contributed by atoms with Gasteiger partial charge in [0.15, 0.2) is 12.1 Å². The van der Waals surface area contributed by atoms with Crippen LogP contribution in [-0.2, 0) is 0 Å². The van der Waals surface area contributed by atoms with E-state index in [4.69, 9.17) is 9.47 Å². The van der Waals surface area contributed by atoms with Gasteiger partial charge in [-0.2, -0.15) is 0 Å². The first kappa shape index (κ1) is 11.4. The Morgan fingerprint density at radius 2 is 2.29 bits per heavy atom. The lowest BCUT2D eigenvalue weighted by Crippen LogP contribution is -2.24. The van der Waals surface area contributed by atoms with Gasteiger partial charge >= 0.3 is 0 Å². The van der Waals surface area contributed by atoms with Gasteiger partial charge in [0, 0.05) is 12.5 Å². The number of benzene rings is 1. The Balaban J connectivity index is 2.71. The smallest absolute Gasteiger partial charge is 0.174 e. The van der Waals surface area contributed by atoms with Crippen LogP contribution in [0.1, 0.15) is 34.1 Å². The summed E-state index contributed by atoms with van der Waals surface area (Å²) in [4.78, 5) is 22.8. The molecule has 1 heterocycles. The maximum absolute atomic E-state index is 11.9. The van der Waals surface area contributed by atoms with E-state index in [1.54, 1.807) is 6.92 Å². The van der Waals surface area contributed by atoms with Crippen molar-refractivity contribution in [3.8, 4) is 17.2 Å². The van der Waals surface area contributed by atoms with Crippen LogP contribution in [-0.4, -0.2) is 30.4 Å². The summed E-state index contributed by atoms with van der Waals surface area (Å²) in [5.41, 5.74) is 0.197. The highest BCUT2D eigenvalue weighted by Gasteiger charge is 2.30. The normalized spacial score (nSPS) is 18.2. The summed E-state index contributed by atoms with van der Waals surface area (Å²) in [5, 5.41) is 9.65. The number of Topliss-reactive ketones (excluding diaryl/α,β-unsaturated/α-hetero) is 1. The Bertz CT molecular complexity index is 492. The van der Waals surface area contributed by atoms with E-state index in [-0.39, 0.29) is 46.7 Å². The Hall–Kier alpha value is -2.04. The number of hydrogen-bond acceptors (Lipinski definition) is 5. The van der Waals surface area contributed by atoms with E-state index >= 15 is 0 Å². The molecular weight excluding hydrogens is 224 g/mol. The number of aromatic hydroxyl groups is 1. The minimum Gasteiger partial charge on any atom is -0.507 e. The van der Waals surface area contributed by atoms with Crippen molar-refractivity contribution in [2.75, 3.05) is 7.11 Å². The average Bonchev–Trinajstić information content (AvgIpc) is 2.26. The van der Waals surface area contributed by atoms with Crippen LogP contribution in [0, 0.1) is 0 Å². The molecule has 0 fully saturated rings. The van der Waals surface area contributed by atoms with Crippen molar-refractivity contribution in [2.45, 2.75) is 19.4 Å². The molecular formula is C12H12O5. The van der Waals surface area contributed by atoms with E-state index in [9.17, 15) is 14.7 Å². The Morgan fingerprint density at radius 1 is 1.59 bits per heavy atom. The molecule has 0 saturated carbocycles. The van der Waals surface area contributed by atoms with Gasteiger partial charge in [0.25, 0.3) is 0 Å². The summed E-state index contributed by atoms with van der Waals surface area (Å²) >= 11 is 0. The number of phenols is 1. The van der Waals surface area contributed by atoms with Crippen LogP contribution >= 0.6 is 0 Å². The van der Waals surface area contributed by atoms with Gasteiger partial charge in [0.1, 0.15) is 28.9 Å². The van der Waals surface area contributed by atoms with Crippen molar-refractivity contribution in [1.29, 1.82) is 0 Å². The molecule has 2 rings (SSSR count). The second-order valence-electron chi connectivity index (χ2n) is 3.89. The zero-order valence-electron chi connectivity index (χ0n) is 9.52. The summed E-state index contributed by atoms with van der Waals surface area (Å²) in [5.74, 6) is -0.0724. The number of ketones is 1. The lowest BCUT2D eigenvalue weighted by molar-refractivity contribution is 0.0865. The van der Waals surface area contributed by atoms with Gasteiger partial charge in [-0.25, -0.2) is 0 Å². The van der Waals surface area contributed by atoms with Crippen LogP contribution in [0.3, 0.4) is 0 Å². The first-order valence-electron chi connectivity index (χ1n) is 5.17. The number of rotatable bonds is 2. The van der Waals surface area contributed by atoms with Crippen LogP contribution in [0.25, 0.3) is 0 Å². The van der Waals surface area contributed by atoms with E-state index in [2.05, 4.69) is 0 Å². The molecule has 1 aromatic carbocycles. The number of phenolic OH excluding ortho intramolecular Hbond substituents is 1. The summed E-state index contributed by atoms with van der Waals surface area (Å²) in [6, 6.07) is 1.27. The standard InChI is InChI=1S/C12H12O5/c1-6-3-9(15)11-10(17-6)4-8(14)7(5-13)12(11)16-2/h4-6,14H,3H2,1-2H3. The first-order valence-corrected chi connectivity index (χ1v) is 5.17. The maximum atomic E-state index is 11.9. The van der Waals surface area contributed by atoms with Gasteiger partial charge in [-0.1, -0.05) is 0 Å². The molecule has 1 aliphatic rings. The van der Waals surface area contributed by atoms with Gasteiger partial charge in [-0.15, -0.1) is 0 Å². The topological polar surface area (TPSA) is 72.8 Å². The Morgan fingerprint density at radius 3 is 2.88 bits per heavy atom. The third kappa shape index (κ3) is 1.73. The second-order valence-corrected chi connectivity index (χ2v) is 3.89. The molecule has 90 valence electrons. The predicted octanol–water partition coefficient (Wildman–Crippen LogP) is 1.57. The molecule has 1 aromatic rings. The second kappa shape index (κ2) is 4.08. The van der Waals surface area contributed by atoms with Crippen LogP contribution in [0.15, 0.2) is 6.07 Å². The van der Waals surface area contributed by atoms with Crippen molar-refractivity contribution < 1.29 is 24.2 Å². The molecule has 5 heteroatoms. The molecule has 1 N–H and O–H groups in total. The van der Waals surface area contributed by atoms with E-state index in [0.29, 0.717) is 6.29 Å². The molecule has 0 aromatic heterocycles. The zero-order valence-corrected chi connectivity index (χ0v) is 9.52. The first-order chi connectivity index (χ1) is 8.08. The third-order valence-electron chi connectivity index (χ3n) is 2.66. The lowest BCUT2D eigenvalue weighted by atomic mass is 9.97. The van der Waals surface area contributed by atoms with Crippen LogP contribution in [0.5, 0.6) is 17.2 Å². The Labute approximate surface area is 98.0 Å². The third-order valence-corrected chi connectivity index (χ3v) is 2.66. The van der Waals surface area contributed by atoms with Crippen molar-refractivity contribution >= 4 is 12.1 Å². The zero-order chi connectivity index (χ0) is 12.6. The van der Waals surface area contributed by atoms with Gasteiger partial charge in [0.2, 0.25) is 0 Å². The van der Waals surface area contributed by atoms with Crippen molar-refractivity contribution in [2.24, 2.45) is 0 Å². The van der Waals surface area contributed by atoms with Crippen molar-refractivity contribution in [3.63, 3.8) is 0 Å². The predicted molar refractivity (Wildman–Crippen MR) is 59.1 cm³/mol. The number of hydrogen-bond donors (Lipinski definition) is 1. The van der Waals surface area contributed by atoms with E-state index in [0.717, 1.165) is 0 Å². The summed E-state index contributed by atoms with van der Waals surface area (Å²) in [7, 11) is 1.34. The molecule has 0 saturated heterocycles. The maximum Gasteiger partial charge on any atom is 0.174 e. The molecule has 1 atom stereocenters. The monoisotopic (exact) mass is 236 g/mol. The number of fused-ring (bicyclic) bond motifs is 1. The van der Waals surface area contributed by atoms with Gasteiger partial charge in [0.05, 0.1) is 12.7 Å². The Kier molecular flexibility index (Phi) is 2.75. The van der Waals surface area contributed by atoms with Gasteiger partial charge in [-0.3, -0.25) is 9.59 Å². The number of ether oxygens (including phenoxy) is 2. The van der Waals surface area contributed by atoms with Crippen molar-refractivity contribution in [1.82, 2.24) is 0 Å². The number of aldehydes is 1. The molecule has 5 nitrogen and oxygen atoms in total. The van der Waals surface area contributed by atoms with E-state index < -0.39 is 0 Å². The fourth-order valence-electron chi connectivity index (χ4n) is 1.94. The number of methoxy groups -OCH3 is 1. The van der Waals surface area contributed by atoms with Crippen molar-refractivity contribution in [3.05, 3.63) is 17.2 Å².